The Bertz CT molecular complexity index is 1200. The monoisotopic (exact) mass is 476 g/mol. The third-order valence-electron chi connectivity index (χ3n) is 6.88. The SMILES string of the molecule is NS(=O)(=O)c1ccc2c(c1)CC1=CC(C3CCC(C(F)(F)F)CC3)(S(N)(=O)=O)CC=C12. The molecule has 0 spiro atoms. The minimum atomic E-state index is -4.29. The second-order valence-electron chi connectivity index (χ2n) is 8.62. The summed E-state index contributed by atoms with van der Waals surface area (Å²) in [5.74, 6) is -1.94. The van der Waals surface area contributed by atoms with Gasteiger partial charge < -0.3 is 0 Å². The van der Waals surface area contributed by atoms with Crippen LogP contribution in [0.1, 0.15) is 43.2 Å². The number of hydrogen-bond donors (Lipinski definition) is 2. The Hall–Kier alpha value is -1.69. The zero-order chi connectivity index (χ0) is 22.8. The van der Waals surface area contributed by atoms with E-state index in [0.29, 0.717) is 17.6 Å². The molecule has 1 fully saturated rings. The van der Waals surface area contributed by atoms with Gasteiger partial charge >= 0.3 is 6.18 Å². The van der Waals surface area contributed by atoms with Gasteiger partial charge in [0.2, 0.25) is 20.0 Å². The molecule has 0 bridgehead atoms. The summed E-state index contributed by atoms with van der Waals surface area (Å²) in [6, 6.07) is 4.51. The molecule has 1 unspecified atom stereocenters. The van der Waals surface area contributed by atoms with Crippen LogP contribution in [0.25, 0.3) is 5.57 Å². The van der Waals surface area contributed by atoms with Gasteiger partial charge in [-0.25, -0.2) is 27.1 Å². The molecule has 1 aromatic rings. The Morgan fingerprint density at radius 2 is 1.65 bits per heavy atom. The van der Waals surface area contributed by atoms with Crippen LogP contribution >= 0.6 is 0 Å². The van der Waals surface area contributed by atoms with Crippen LogP contribution in [0.2, 0.25) is 0 Å². The van der Waals surface area contributed by atoms with Crippen LogP contribution in [0.5, 0.6) is 0 Å². The Kier molecular flexibility index (Phi) is 5.20. The lowest BCUT2D eigenvalue weighted by Gasteiger charge is -2.42. The number of halogens is 3. The minimum Gasteiger partial charge on any atom is -0.228 e. The van der Waals surface area contributed by atoms with Crippen LogP contribution in [0.15, 0.2) is 40.8 Å². The molecule has 11 heteroatoms. The maximum atomic E-state index is 13.1. The van der Waals surface area contributed by atoms with Crippen LogP contribution in [0, 0.1) is 11.8 Å². The molecule has 3 aliphatic carbocycles. The lowest BCUT2D eigenvalue weighted by atomic mass is 9.71. The predicted molar refractivity (Wildman–Crippen MR) is 110 cm³/mol. The summed E-state index contributed by atoms with van der Waals surface area (Å²) < 4.78 is 86.5. The molecule has 1 saturated carbocycles. The van der Waals surface area contributed by atoms with Crippen molar-refractivity contribution in [1.82, 2.24) is 0 Å². The second kappa shape index (κ2) is 7.16. The smallest absolute Gasteiger partial charge is 0.228 e. The van der Waals surface area contributed by atoms with Crippen LogP contribution in [0.4, 0.5) is 13.2 Å². The van der Waals surface area contributed by atoms with E-state index in [1.165, 1.54) is 12.1 Å². The summed E-state index contributed by atoms with van der Waals surface area (Å²) in [5, 5.41) is 10.8. The van der Waals surface area contributed by atoms with E-state index in [2.05, 4.69) is 0 Å². The summed E-state index contributed by atoms with van der Waals surface area (Å²) in [5.41, 5.74) is 3.00. The van der Waals surface area contributed by atoms with E-state index in [1.807, 2.05) is 0 Å². The van der Waals surface area contributed by atoms with Crippen LogP contribution in [-0.2, 0) is 26.5 Å². The van der Waals surface area contributed by atoms with Crippen LogP contribution in [-0.4, -0.2) is 27.8 Å². The van der Waals surface area contributed by atoms with Gasteiger partial charge in [-0.3, -0.25) is 0 Å². The molecule has 0 radical (unpaired) electrons. The lowest BCUT2D eigenvalue weighted by molar-refractivity contribution is -0.184. The number of hydrogen-bond acceptors (Lipinski definition) is 4. The molecule has 3 aliphatic rings. The third-order valence-corrected chi connectivity index (χ3v) is 9.47. The summed E-state index contributed by atoms with van der Waals surface area (Å²) >= 11 is 0. The van der Waals surface area contributed by atoms with Gasteiger partial charge in [0.15, 0.2) is 0 Å². The molecule has 31 heavy (non-hydrogen) atoms. The van der Waals surface area contributed by atoms with Crippen molar-refractivity contribution in [2.75, 3.05) is 0 Å². The molecule has 6 nitrogen and oxygen atoms in total. The highest BCUT2D eigenvalue weighted by Gasteiger charge is 2.52. The maximum absolute atomic E-state index is 13.1. The highest BCUT2D eigenvalue weighted by molar-refractivity contribution is 7.90. The quantitative estimate of drug-likeness (QED) is 0.697. The first-order valence-electron chi connectivity index (χ1n) is 9.90. The zero-order valence-corrected chi connectivity index (χ0v) is 18.2. The molecule has 4 rings (SSSR count). The first-order valence-corrected chi connectivity index (χ1v) is 13.0. The van der Waals surface area contributed by atoms with Crippen molar-refractivity contribution in [2.45, 2.75) is 54.3 Å². The van der Waals surface area contributed by atoms with Crippen molar-refractivity contribution in [2.24, 2.45) is 22.1 Å². The predicted octanol–water partition coefficient (Wildman–Crippen LogP) is 3.00. The molecular formula is C20H23F3N2O4S2. The molecule has 170 valence electrons. The van der Waals surface area contributed by atoms with Crippen molar-refractivity contribution in [3.8, 4) is 0 Å². The van der Waals surface area contributed by atoms with Crippen molar-refractivity contribution in [3.05, 3.63) is 47.1 Å². The van der Waals surface area contributed by atoms with E-state index in [1.54, 1.807) is 18.2 Å². The Balaban J connectivity index is 1.69. The van der Waals surface area contributed by atoms with Crippen molar-refractivity contribution < 1.29 is 30.0 Å². The van der Waals surface area contributed by atoms with Gasteiger partial charge in [-0.1, -0.05) is 18.2 Å². The van der Waals surface area contributed by atoms with E-state index < -0.39 is 42.8 Å². The standard InChI is InChI=1S/C20H23F3N2O4S2/c21-20(22,23)15-3-1-14(2-4-15)19(31(25,28)29)8-7-18-13(11-19)9-12-10-16(30(24,26)27)5-6-17(12)18/h5-7,10-11,14-15H,1-4,8-9H2,(H2,24,26,27)(H2,25,28,29). The normalized spacial score (nSPS) is 29.1. The fraction of sp³-hybridized carbons (Fsp3) is 0.500. The fourth-order valence-corrected chi connectivity index (χ4v) is 7.13. The van der Waals surface area contributed by atoms with Crippen LogP contribution < -0.4 is 10.3 Å². The topological polar surface area (TPSA) is 120 Å². The molecule has 4 N–H and O–H groups in total. The first kappa shape index (κ1) is 22.5. The number of primary sulfonamides is 2. The molecule has 0 heterocycles. The van der Waals surface area contributed by atoms with Gasteiger partial charge in [-0.15, -0.1) is 0 Å². The van der Waals surface area contributed by atoms with Gasteiger partial charge in [0.25, 0.3) is 0 Å². The molecule has 0 saturated heterocycles. The maximum Gasteiger partial charge on any atom is 0.391 e. The number of allylic oxidation sites excluding steroid dienone is 3. The number of benzene rings is 1. The van der Waals surface area contributed by atoms with Crippen molar-refractivity contribution >= 4 is 25.6 Å². The van der Waals surface area contributed by atoms with E-state index in [0.717, 1.165) is 11.1 Å². The third kappa shape index (κ3) is 3.85. The summed E-state index contributed by atoms with van der Waals surface area (Å²) in [6.07, 6.45) is -0.544. The Morgan fingerprint density at radius 3 is 2.19 bits per heavy atom. The average Bonchev–Trinajstić information content (AvgIpc) is 3.02. The van der Waals surface area contributed by atoms with Crippen molar-refractivity contribution in [3.63, 3.8) is 0 Å². The highest BCUT2D eigenvalue weighted by Crippen LogP contribution is 2.51. The number of fused-ring (bicyclic) bond motifs is 3. The van der Waals surface area contributed by atoms with Crippen LogP contribution in [0.3, 0.4) is 0 Å². The largest absolute Gasteiger partial charge is 0.391 e. The van der Waals surface area contributed by atoms with E-state index in [9.17, 15) is 30.0 Å². The summed E-state index contributed by atoms with van der Waals surface area (Å²) in [6.45, 7) is 0. The summed E-state index contributed by atoms with van der Waals surface area (Å²) in [4.78, 5) is -0.0331. The molecule has 0 aliphatic heterocycles. The van der Waals surface area contributed by atoms with Gasteiger partial charge in [-0.2, -0.15) is 13.2 Å². The Labute approximate surface area is 179 Å². The molecule has 1 atom stereocenters. The fourth-order valence-electron chi connectivity index (χ4n) is 5.24. The van der Waals surface area contributed by atoms with E-state index >= 15 is 0 Å². The highest BCUT2D eigenvalue weighted by atomic mass is 32.2. The van der Waals surface area contributed by atoms with Crippen molar-refractivity contribution in [1.29, 1.82) is 0 Å². The zero-order valence-electron chi connectivity index (χ0n) is 16.5. The number of rotatable bonds is 3. The number of sulfonamides is 2. The molecule has 0 aromatic heterocycles. The average molecular weight is 477 g/mol. The molecule has 0 amide bonds. The number of nitrogens with two attached hydrogens (primary N) is 2. The molecule has 1 aromatic carbocycles. The Morgan fingerprint density at radius 1 is 1.00 bits per heavy atom. The van der Waals surface area contributed by atoms with Gasteiger partial charge in [-0.05, 0) is 78.8 Å². The lowest BCUT2D eigenvalue weighted by Crippen LogP contribution is -2.50. The van der Waals surface area contributed by atoms with Gasteiger partial charge in [0, 0.05) is 0 Å². The second-order valence-corrected chi connectivity index (χ2v) is 12.0. The number of alkyl halides is 3. The summed E-state index contributed by atoms with van der Waals surface area (Å²) in [7, 11) is -8.00. The van der Waals surface area contributed by atoms with E-state index in [4.69, 9.17) is 10.3 Å². The van der Waals surface area contributed by atoms with Gasteiger partial charge in [0.05, 0.1) is 10.8 Å². The van der Waals surface area contributed by atoms with E-state index in [-0.39, 0.29) is 37.0 Å². The van der Waals surface area contributed by atoms with Gasteiger partial charge in [0.1, 0.15) is 4.75 Å². The molecular weight excluding hydrogens is 453 g/mol. The first-order chi connectivity index (χ1) is 14.2. The minimum absolute atomic E-state index is 0.0331.